The molecule has 1 N–H and O–H groups in total. The van der Waals surface area contributed by atoms with Crippen LogP contribution in [-0.4, -0.2) is 48.6 Å². The van der Waals surface area contributed by atoms with Gasteiger partial charge in [-0.1, -0.05) is 19.8 Å². The summed E-state index contributed by atoms with van der Waals surface area (Å²) in [6.07, 6.45) is 5.71. The van der Waals surface area contributed by atoms with Crippen LogP contribution in [0.5, 0.6) is 0 Å². The quantitative estimate of drug-likeness (QED) is 0.817. The molecule has 0 aromatic carbocycles. The van der Waals surface area contributed by atoms with E-state index in [4.69, 9.17) is 0 Å². The van der Waals surface area contributed by atoms with Gasteiger partial charge in [-0.15, -0.1) is 0 Å². The first kappa shape index (κ1) is 12.7. The molecule has 0 aromatic rings. The van der Waals surface area contributed by atoms with Crippen molar-refractivity contribution < 1.29 is 0 Å². The molecule has 16 heavy (non-hydrogen) atoms. The molecule has 3 heteroatoms. The Labute approximate surface area is 105 Å². The van der Waals surface area contributed by atoms with E-state index in [1.807, 2.05) is 0 Å². The van der Waals surface area contributed by atoms with Crippen LogP contribution in [0.1, 0.15) is 32.6 Å². The van der Waals surface area contributed by atoms with Crippen LogP contribution in [0.25, 0.3) is 0 Å². The van der Waals surface area contributed by atoms with Crippen LogP contribution >= 0.6 is 11.8 Å². The van der Waals surface area contributed by atoms with E-state index in [-0.39, 0.29) is 0 Å². The second-order valence-corrected chi connectivity index (χ2v) is 6.74. The minimum atomic E-state index is 0.723. The van der Waals surface area contributed by atoms with Crippen molar-refractivity contribution in [2.24, 2.45) is 5.92 Å². The fourth-order valence-corrected chi connectivity index (χ4v) is 3.97. The number of nitrogens with zero attached hydrogens (tertiary/aromatic N) is 1. The van der Waals surface area contributed by atoms with Gasteiger partial charge in [0.2, 0.25) is 0 Å². The molecule has 1 aliphatic carbocycles. The summed E-state index contributed by atoms with van der Waals surface area (Å²) in [5.74, 6) is 3.53. The van der Waals surface area contributed by atoms with Gasteiger partial charge in [-0.2, -0.15) is 11.8 Å². The standard InChI is InChI=1S/C13H26N2S/c1-11-4-3-5-13(8-11)15(2)9-12-10-16-7-6-14-12/h11-14H,3-10H2,1-2H3. The molecule has 0 aromatic heterocycles. The van der Waals surface area contributed by atoms with E-state index < -0.39 is 0 Å². The number of hydrogen-bond acceptors (Lipinski definition) is 3. The summed E-state index contributed by atoms with van der Waals surface area (Å²) in [5, 5.41) is 3.64. The van der Waals surface area contributed by atoms with E-state index in [0.29, 0.717) is 0 Å². The average Bonchev–Trinajstić information content (AvgIpc) is 2.30. The second-order valence-electron chi connectivity index (χ2n) is 5.59. The Kier molecular flexibility index (Phi) is 4.98. The third kappa shape index (κ3) is 3.64. The lowest BCUT2D eigenvalue weighted by Gasteiger charge is -2.37. The lowest BCUT2D eigenvalue weighted by atomic mass is 9.86. The Bertz CT molecular complexity index is 204. The van der Waals surface area contributed by atoms with Gasteiger partial charge in [-0.05, 0) is 25.8 Å². The van der Waals surface area contributed by atoms with Gasteiger partial charge in [0, 0.05) is 36.7 Å². The lowest BCUT2D eigenvalue weighted by molar-refractivity contribution is 0.154. The van der Waals surface area contributed by atoms with E-state index in [1.54, 1.807) is 0 Å². The van der Waals surface area contributed by atoms with Gasteiger partial charge in [0.1, 0.15) is 0 Å². The van der Waals surface area contributed by atoms with Crippen molar-refractivity contribution in [1.29, 1.82) is 0 Å². The van der Waals surface area contributed by atoms with Crippen molar-refractivity contribution in [3.63, 3.8) is 0 Å². The first-order chi connectivity index (χ1) is 7.75. The highest BCUT2D eigenvalue weighted by Crippen LogP contribution is 2.26. The zero-order chi connectivity index (χ0) is 11.4. The highest BCUT2D eigenvalue weighted by atomic mass is 32.2. The minimum Gasteiger partial charge on any atom is -0.311 e. The summed E-state index contributed by atoms with van der Waals surface area (Å²) in [6.45, 7) is 4.85. The summed E-state index contributed by atoms with van der Waals surface area (Å²) < 4.78 is 0. The Morgan fingerprint density at radius 3 is 2.94 bits per heavy atom. The predicted octanol–water partition coefficient (Wildman–Crippen LogP) is 2.20. The summed E-state index contributed by atoms with van der Waals surface area (Å²) in [7, 11) is 2.32. The zero-order valence-electron chi connectivity index (χ0n) is 10.7. The van der Waals surface area contributed by atoms with Gasteiger partial charge in [0.15, 0.2) is 0 Å². The fourth-order valence-electron chi connectivity index (χ4n) is 3.04. The van der Waals surface area contributed by atoms with E-state index in [9.17, 15) is 0 Å². The first-order valence-electron chi connectivity index (χ1n) is 6.77. The maximum absolute atomic E-state index is 3.64. The normalized spacial score (nSPS) is 36.6. The molecule has 0 bridgehead atoms. The molecule has 1 saturated carbocycles. The monoisotopic (exact) mass is 242 g/mol. The molecule has 2 rings (SSSR count). The molecule has 2 nitrogen and oxygen atoms in total. The maximum Gasteiger partial charge on any atom is 0.0285 e. The van der Waals surface area contributed by atoms with Gasteiger partial charge >= 0.3 is 0 Å². The largest absolute Gasteiger partial charge is 0.311 e. The lowest BCUT2D eigenvalue weighted by Crippen LogP contribution is -2.48. The molecule has 0 amide bonds. The van der Waals surface area contributed by atoms with Crippen molar-refractivity contribution in [2.75, 3.05) is 31.6 Å². The molecule has 2 fully saturated rings. The van der Waals surface area contributed by atoms with Gasteiger partial charge < -0.3 is 10.2 Å². The van der Waals surface area contributed by atoms with Crippen LogP contribution in [0.4, 0.5) is 0 Å². The Morgan fingerprint density at radius 1 is 1.38 bits per heavy atom. The van der Waals surface area contributed by atoms with Crippen molar-refractivity contribution in [3.8, 4) is 0 Å². The Morgan fingerprint density at radius 2 is 2.25 bits per heavy atom. The average molecular weight is 242 g/mol. The third-order valence-electron chi connectivity index (χ3n) is 4.04. The summed E-state index contributed by atoms with van der Waals surface area (Å²) >= 11 is 2.10. The van der Waals surface area contributed by atoms with Crippen LogP contribution in [0.2, 0.25) is 0 Å². The van der Waals surface area contributed by atoms with Crippen LogP contribution < -0.4 is 5.32 Å². The molecule has 2 aliphatic rings. The molecule has 94 valence electrons. The van der Waals surface area contributed by atoms with E-state index >= 15 is 0 Å². The van der Waals surface area contributed by atoms with Gasteiger partial charge in [-0.3, -0.25) is 0 Å². The van der Waals surface area contributed by atoms with Gasteiger partial charge in [0.05, 0.1) is 0 Å². The van der Waals surface area contributed by atoms with Crippen molar-refractivity contribution in [1.82, 2.24) is 10.2 Å². The topological polar surface area (TPSA) is 15.3 Å². The van der Waals surface area contributed by atoms with Gasteiger partial charge in [0.25, 0.3) is 0 Å². The highest BCUT2D eigenvalue weighted by molar-refractivity contribution is 7.99. The van der Waals surface area contributed by atoms with Crippen molar-refractivity contribution >= 4 is 11.8 Å². The van der Waals surface area contributed by atoms with E-state index in [2.05, 4.69) is 35.9 Å². The zero-order valence-corrected chi connectivity index (χ0v) is 11.6. The first-order valence-corrected chi connectivity index (χ1v) is 7.92. The maximum atomic E-state index is 3.64. The number of rotatable bonds is 3. The molecule has 1 saturated heterocycles. The minimum absolute atomic E-state index is 0.723. The molecular weight excluding hydrogens is 216 g/mol. The molecule has 0 radical (unpaired) electrons. The van der Waals surface area contributed by atoms with Gasteiger partial charge in [-0.25, -0.2) is 0 Å². The predicted molar refractivity (Wildman–Crippen MR) is 73.2 cm³/mol. The van der Waals surface area contributed by atoms with Crippen LogP contribution in [0.15, 0.2) is 0 Å². The third-order valence-corrected chi connectivity index (χ3v) is 5.17. The van der Waals surface area contributed by atoms with Crippen molar-refractivity contribution in [3.05, 3.63) is 0 Å². The second kappa shape index (κ2) is 6.27. The highest BCUT2D eigenvalue weighted by Gasteiger charge is 2.24. The Balaban J connectivity index is 1.75. The molecule has 1 heterocycles. The van der Waals surface area contributed by atoms with E-state index in [1.165, 1.54) is 50.3 Å². The Hall–Kier alpha value is 0.270. The summed E-state index contributed by atoms with van der Waals surface area (Å²) in [4.78, 5) is 2.61. The molecule has 1 aliphatic heterocycles. The fraction of sp³-hybridized carbons (Fsp3) is 1.00. The molecule has 3 unspecified atom stereocenters. The molecular formula is C13H26N2S. The molecule has 0 spiro atoms. The van der Waals surface area contributed by atoms with Crippen molar-refractivity contribution in [2.45, 2.75) is 44.7 Å². The number of hydrogen-bond donors (Lipinski definition) is 1. The number of nitrogens with one attached hydrogen (secondary N) is 1. The summed E-state index contributed by atoms with van der Waals surface area (Å²) in [6, 6.07) is 1.57. The number of thioether (sulfide) groups is 1. The number of likely N-dealkylation sites (N-methyl/N-ethyl adjacent to an activating group) is 1. The van der Waals surface area contributed by atoms with Crippen LogP contribution in [0.3, 0.4) is 0 Å². The smallest absolute Gasteiger partial charge is 0.0285 e. The summed E-state index contributed by atoms with van der Waals surface area (Å²) in [5.41, 5.74) is 0. The van der Waals surface area contributed by atoms with Crippen LogP contribution in [0, 0.1) is 5.92 Å². The SMILES string of the molecule is CC1CCCC(N(C)CC2CSCCN2)C1. The van der Waals surface area contributed by atoms with E-state index in [0.717, 1.165) is 18.0 Å². The van der Waals surface area contributed by atoms with Crippen LogP contribution in [-0.2, 0) is 0 Å². The molecule has 3 atom stereocenters.